The average molecular weight is 239 g/mol. The molecule has 0 radical (unpaired) electrons. The standard InChI is InChI=1S/C12H15ClN2O/c1-9(13)8-16-12-5-4-11(15-7-12)6-14-10-2-3-10/h4-5,7,10,14H,1-3,6,8H2. The summed E-state index contributed by atoms with van der Waals surface area (Å²) in [5.41, 5.74) is 1.03. The second kappa shape index (κ2) is 5.32. The van der Waals surface area contributed by atoms with E-state index in [0.717, 1.165) is 18.0 Å². The van der Waals surface area contributed by atoms with E-state index >= 15 is 0 Å². The van der Waals surface area contributed by atoms with Gasteiger partial charge >= 0.3 is 0 Å². The van der Waals surface area contributed by atoms with E-state index in [1.54, 1.807) is 6.20 Å². The lowest BCUT2D eigenvalue weighted by molar-refractivity contribution is 0.357. The molecule has 1 aliphatic rings. The van der Waals surface area contributed by atoms with Crippen molar-refractivity contribution in [3.05, 3.63) is 35.6 Å². The van der Waals surface area contributed by atoms with Gasteiger partial charge in [0.15, 0.2) is 0 Å². The first-order valence-electron chi connectivity index (χ1n) is 5.38. The zero-order valence-corrected chi connectivity index (χ0v) is 9.83. The molecule has 0 unspecified atom stereocenters. The van der Waals surface area contributed by atoms with Crippen molar-refractivity contribution in [2.75, 3.05) is 6.61 Å². The fourth-order valence-electron chi connectivity index (χ4n) is 1.30. The molecule has 1 saturated carbocycles. The summed E-state index contributed by atoms with van der Waals surface area (Å²) in [5.74, 6) is 0.719. The Bertz CT molecular complexity index is 360. The summed E-state index contributed by atoms with van der Waals surface area (Å²) < 4.78 is 5.35. The predicted octanol–water partition coefficient (Wildman–Crippen LogP) is 2.46. The lowest BCUT2D eigenvalue weighted by atomic mass is 10.3. The minimum Gasteiger partial charge on any atom is -0.486 e. The number of aromatic nitrogens is 1. The first-order valence-corrected chi connectivity index (χ1v) is 5.76. The molecule has 1 heterocycles. The lowest BCUT2D eigenvalue weighted by Crippen LogP contribution is -2.16. The van der Waals surface area contributed by atoms with Crippen molar-refractivity contribution in [3.8, 4) is 5.75 Å². The molecule has 0 bridgehead atoms. The van der Waals surface area contributed by atoms with Crippen LogP contribution in [0.3, 0.4) is 0 Å². The van der Waals surface area contributed by atoms with Gasteiger partial charge in [0.1, 0.15) is 12.4 Å². The van der Waals surface area contributed by atoms with Crippen molar-refractivity contribution in [1.82, 2.24) is 10.3 Å². The Balaban J connectivity index is 1.80. The third-order valence-corrected chi connectivity index (χ3v) is 2.45. The number of hydrogen-bond donors (Lipinski definition) is 1. The number of nitrogens with zero attached hydrogens (tertiary/aromatic N) is 1. The Labute approximate surface area is 100 Å². The van der Waals surface area contributed by atoms with Crippen LogP contribution in [0.15, 0.2) is 29.9 Å². The molecule has 2 rings (SSSR count). The van der Waals surface area contributed by atoms with E-state index in [4.69, 9.17) is 16.3 Å². The summed E-state index contributed by atoms with van der Waals surface area (Å²) in [6, 6.07) is 4.57. The van der Waals surface area contributed by atoms with Crippen LogP contribution in [0.1, 0.15) is 18.5 Å². The van der Waals surface area contributed by atoms with Crippen LogP contribution in [0.5, 0.6) is 5.75 Å². The Morgan fingerprint density at radius 3 is 2.94 bits per heavy atom. The minimum absolute atomic E-state index is 0.322. The molecule has 0 saturated heterocycles. The van der Waals surface area contributed by atoms with Gasteiger partial charge in [0, 0.05) is 17.6 Å². The Kier molecular flexibility index (Phi) is 3.80. The van der Waals surface area contributed by atoms with E-state index in [-0.39, 0.29) is 0 Å². The second-order valence-corrected chi connectivity index (χ2v) is 4.48. The molecule has 1 aromatic heterocycles. The molecule has 86 valence electrons. The van der Waals surface area contributed by atoms with E-state index in [0.29, 0.717) is 17.7 Å². The largest absolute Gasteiger partial charge is 0.486 e. The summed E-state index contributed by atoms with van der Waals surface area (Å²) in [6.07, 6.45) is 4.29. The smallest absolute Gasteiger partial charge is 0.138 e. The molecule has 1 fully saturated rings. The molecule has 16 heavy (non-hydrogen) atoms. The number of rotatable bonds is 6. The van der Waals surface area contributed by atoms with Gasteiger partial charge in [-0.2, -0.15) is 0 Å². The molecular formula is C12H15ClN2O. The third-order valence-electron chi connectivity index (χ3n) is 2.34. The lowest BCUT2D eigenvalue weighted by Gasteiger charge is -2.06. The van der Waals surface area contributed by atoms with Crippen LogP contribution in [-0.2, 0) is 6.54 Å². The molecule has 0 spiro atoms. The summed E-state index contributed by atoms with van der Waals surface area (Å²) in [6.45, 7) is 4.70. The quantitative estimate of drug-likeness (QED) is 0.827. The molecule has 1 aliphatic carbocycles. The SMILES string of the molecule is C=C(Cl)COc1ccc(CNC2CC2)nc1. The first-order chi connectivity index (χ1) is 7.74. The van der Waals surface area contributed by atoms with E-state index in [2.05, 4.69) is 16.9 Å². The molecular weight excluding hydrogens is 224 g/mol. The van der Waals surface area contributed by atoms with Crippen molar-refractivity contribution in [2.45, 2.75) is 25.4 Å². The van der Waals surface area contributed by atoms with Crippen molar-refractivity contribution in [1.29, 1.82) is 0 Å². The van der Waals surface area contributed by atoms with Crippen molar-refractivity contribution in [2.24, 2.45) is 0 Å². The normalized spacial score (nSPS) is 14.8. The highest BCUT2D eigenvalue weighted by Gasteiger charge is 2.19. The topological polar surface area (TPSA) is 34.1 Å². The monoisotopic (exact) mass is 238 g/mol. The van der Waals surface area contributed by atoms with Crippen LogP contribution in [0.2, 0.25) is 0 Å². The third kappa shape index (κ3) is 3.83. The zero-order chi connectivity index (χ0) is 11.4. The minimum atomic E-state index is 0.322. The van der Waals surface area contributed by atoms with Crippen LogP contribution >= 0.6 is 11.6 Å². The predicted molar refractivity (Wildman–Crippen MR) is 64.6 cm³/mol. The number of halogens is 1. The van der Waals surface area contributed by atoms with E-state index < -0.39 is 0 Å². The Hall–Kier alpha value is -1.06. The van der Waals surface area contributed by atoms with Gasteiger partial charge in [-0.1, -0.05) is 18.2 Å². The summed E-state index contributed by atoms with van der Waals surface area (Å²) >= 11 is 5.60. The van der Waals surface area contributed by atoms with Gasteiger partial charge < -0.3 is 10.1 Å². The highest BCUT2D eigenvalue weighted by atomic mass is 35.5. The summed E-state index contributed by atoms with van der Waals surface area (Å²) in [4.78, 5) is 4.30. The van der Waals surface area contributed by atoms with Crippen LogP contribution in [-0.4, -0.2) is 17.6 Å². The van der Waals surface area contributed by atoms with E-state index in [9.17, 15) is 0 Å². The van der Waals surface area contributed by atoms with Gasteiger partial charge in [0.25, 0.3) is 0 Å². The molecule has 0 aliphatic heterocycles. The molecule has 3 nitrogen and oxygen atoms in total. The number of pyridine rings is 1. The van der Waals surface area contributed by atoms with E-state index in [1.807, 2.05) is 12.1 Å². The molecule has 0 aromatic carbocycles. The average Bonchev–Trinajstić information content (AvgIpc) is 3.09. The van der Waals surface area contributed by atoms with Gasteiger partial charge in [-0.25, -0.2) is 0 Å². The first kappa shape index (κ1) is 11.4. The van der Waals surface area contributed by atoms with Crippen LogP contribution in [0.25, 0.3) is 0 Å². The molecule has 4 heteroatoms. The number of ether oxygens (including phenoxy) is 1. The maximum atomic E-state index is 5.60. The number of hydrogen-bond acceptors (Lipinski definition) is 3. The summed E-state index contributed by atoms with van der Waals surface area (Å²) in [7, 11) is 0. The second-order valence-electron chi connectivity index (χ2n) is 3.95. The summed E-state index contributed by atoms with van der Waals surface area (Å²) in [5, 5.41) is 3.89. The van der Waals surface area contributed by atoms with Crippen molar-refractivity contribution < 1.29 is 4.74 Å². The molecule has 0 atom stereocenters. The fraction of sp³-hybridized carbons (Fsp3) is 0.417. The van der Waals surface area contributed by atoms with Gasteiger partial charge in [-0.15, -0.1) is 0 Å². The van der Waals surface area contributed by atoms with E-state index in [1.165, 1.54) is 12.8 Å². The van der Waals surface area contributed by atoms with Crippen molar-refractivity contribution in [3.63, 3.8) is 0 Å². The van der Waals surface area contributed by atoms with Crippen LogP contribution < -0.4 is 10.1 Å². The van der Waals surface area contributed by atoms with Gasteiger partial charge in [0.2, 0.25) is 0 Å². The maximum Gasteiger partial charge on any atom is 0.138 e. The fourth-order valence-corrected chi connectivity index (χ4v) is 1.35. The van der Waals surface area contributed by atoms with Gasteiger partial charge in [-0.3, -0.25) is 4.98 Å². The zero-order valence-electron chi connectivity index (χ0n) is 9.08. The van der Waals surface area contributed by atoms with Crippen LogP contribution in [0.4, 0.5) is 0 Å². The van der Waals surface area contributed by atoms with Crippen LogP contribution in [0, 0.1) is 0 Å². The van der Waals surface area contributed by atoms with Crippen molar-refractivity contribution >= 4 is 11.6 Å². The molecule has 1 aromatic rings. The highest BCUT2D eigenvalue weighted by Crippen LogP contribution is 2.19. The molecule has 0 amide bonds. The van der Waals surface area contributed by atoms with Gasteiger partial charge in [-0.05, 0) is 25.0 Å². The molecule has 1 N–H and O–H groups in total. The number of nitrogens with one attached hydrogen (secondary N) is 1. The Morgan fingerprint density at radius 2 is 2.38 bits per heavy atom. The van der Waals surface area contributed by atoms with Gasteiger partial charge in [0.05, 0.1) is 11.9 Å². The highest BCUT2D eigenvalue weighted by molar-refractivity contribution is 6.29. The Morgan fingerprint density at radius 1 is 1.56 bits per heavy atom. The maximum absolute atomic E-state index is 5.60.